The van der Waals surface area contributed by atoms with Gasteiger partial charge in [-0.05, 0) is 48.5 Å². The molecule has 26 heavy (non-hydrogen) atoms. The van der Waals surface area contributed by atoms with Crippen LogP contribution in [0.1, 0.15) is 5.56 Å². The molecule has 0 aromatic heterocycles. The van der Waals surface area contributed by atoms with Crippen molar-refractivity contribution in [2.45, 2.75) is 0 Å². The van der Waals surface area contributed by atoms with Crippen LogP contribution in [-0.2, 0) is 9.53 Å². The van der Waals surface area contributed by atoms with E-state index in [4.69, 9.17) is 16.2 Å². The second-order valence-electron chi connectivity index (χ2n) is 5.97. The van der Waals surface area contributed by atoms with E-state index in [0.29, 0.717) is 18.8 Å². The van der Waals surface area contributed by atoms with Crippen LogP contribution >= 0.6 is 0 Å². The van der Waals surface area contributed by atoms with Gasteiger partial charge < -0.3 is 26.4 Å². The summed E-state index contributed by atoms with van der Waals surface area (Å²) in [6.07, 6.45) is 0. The molecule has 1 fully saturated rings. The highest BCUT2D eigenvalue weighted by atomic mass is 16.5. The third-order valence-electron chi connectivity index (χ3n) is 4.05. The maximum absolute atomic E-state index is 11.4. The number of ether oxygens (including phenoxy) is 1. The lowest BCUT2D eigenvalue weighted by atomic mass is 10.2. The van der Waals surface area contributed by atoms with E-state index in [9.17, 15) is 4.79 Å². The highest BCUT2D eigenvalue weighted by molar-refractivity contribution is 5.99. The average Bonchev–Trinajstić information content (AvgIpc) is 3.19. The fraction of sp³-hybridized carbons (Fsp3) is 0.263. The number of amides is 1. The summed E-state index contributed by atoms with van der Waals surface area (Å²) in [4.78, 5) is 17.5. The Kier molecular flexibility index (Phi) is 5.70. The molecule has 0 unspecified atom stereocenters. The van der Waals surface area contributed by atoms with Gasteiger partial charge in [-0.2, -0.15) is 0 Å². The molecule has 7 nitrogen and oxygen atoms in total. The van der Waals surface area contributed by atoms with Crippen LogP contribution < -0.4 is 21.7 Å². The number of nitrogens with two attached hydrogens (primary N) is 2. The fourth-order valence-electron chi connectivity index (χ4n) is 2.68. The number of nitrogens with one attached hydrogen (secondary N) is 1. The molecule has 5 N–H and O–H groups in total. The van der Waals surface area contributed by atoms with Crippen molar-refractivity contribution in [1.82, 2.24) is 5.32 Å². The molecule has 2 heterocycles. The third kappa shape index (κ3) is 4.52. The molecule has 2 aromatic carbocycles. The Labute approximate surface area is 152 Å². The number of morpholine rings is 1. The standard InChI is InChI=1S/C10H12N2O2.C9H11N3/c11-8-1-3-9(4-2-8)12-5-6-14-7-10(12)13;10-8-3-1-7(2-4-8)9-11-5-6-12-9/h1-4H,5-7,11H2;1-4H,5-6,10H2,(H,11,12). The van der Waals surface area contributed by atoms with Crippen molar-refractivity contribution < 1.29 is 9.53 Å². The Morgan fingerprint density at radius 1 is 1.00 bits per heavy atom. The first kappa shape index (κ1) is 17.8. The van der Waals surface area contributed by atoms with Gasteiger partial charge in [0.15, 0.2) is 0 Å². The van der Waals surface area contributed by atoms with Crippen LogP contribution in [0.4, 0.5) is 17.1 Å². The summed E-state index contributed by atoms with van der Waals surface area (Å²) in [5.74, 6) is 0.982. The predicted molar refractivity (Wildman–Crippen MR) is 104 cm³/mol. The normalized spacial score (nSPS) is 16.4. The second kappa shape index (κ2) is 8.35. The van der Waals surface area contributed by atoms with E-state index >= 15 is 0 Å². The van der Waals surface area contributed by atoms with Crippen molar-refractivity contribution in [3.05, 3.63) is 54.1 Å². The predicted octanol–water partition coefficient (Wildman–Crippen LogP) is 1.25. The van der Waals surface area contributed by atoms with E-state index in [1.807, 2.05) is 36.4 Å². The van der Waals surface area contributed by atoms with Crippen molar-refractivity contribution in [2.75, 3.05) is 49.2 Å². The Hall–Kier alpha value is -3.06. The number of nitrogen functional groups attached to an aromatic ring is 2. The van der Waals surface area contributed by atoms with Crippen molar-refractivity contribution in [3.63, 3.8) is 0 Å². The monoisotopic (exact) mass is 353 g/mol. The molecule has 0 saturated carbocycles. The molecule has 7 heteroatoms. The minimum atomic E-state index is 0.000946. The van der Waals surface area contributed by atoms with E-state index in [2.05, 4.69) is 10.3 Å². The first-order valence-corrected chi connectivity index (χ1v) is 8.51. The maximum atomic E-state index is 11.4. The number of aliphatic imine (C=N–C) groups is 1. The molecular formula is C19H23N5O2. The summed E-state index contributed by atoms with van der Waals surface area (Å²) in [5, 5.41) is 3.20. The Bertz CT molecular complexity index is 772. The lowest BCUT2D eigenvalue weighted by Gasteiger charge is -2.26. The van der Waals surface area contributed by atoms with Gasteiger partial charge in [0.25, 0.3) is 5.91 Å². The van der Waals surface area contributed by atoms with Crippen LogP contribution in [0.25, 0.3) is 0 Å². The molecule has 2 aromatic rings. The van der Waals surface area contributed by atoms with Crippen LogP contribution in [-0.4, -0.2) is 44.6 Å². The van der Waals surface area contributed by atoms with Crippen LogP contribution in [0.5, 0.6) is 0 Å². The van der Waals surface area contributed by atoms with E-state index in [-0.39, 0.29) is 12.5 Å². The van der Waals surface area contributed by atoms with E-state index < -0.39 is 0 Å². The number of rotatable bonds is 2. The molecule has 0 spiro atoms. The lowest BCUT2D eigenvalue weighted by molar-refractivity contribution is -0.125. The summed E-state index contributed by atoms with van der Waals surface area (Å²) >= 11 is 0. The number of benzene rings is 2. The number of carbonyl (C=O) groups is 1. The first-order chi connectivity index (χ1) is 12.6. The highest BCUT2D eigenvalue weighted by Gasteiger charge is 2.19. The number of amidine groups is 1. The van der Waals surface area contributed by atoms with E-state index in [0.717, 1.165) is 35.9 Å². The summed E-state index contributed by atoms with van der Waals surface area (Å²) in [7, 11) is 0. The van der Waals surface area contributed by atoms with Gasteiger partial charge in [-0.15, -0.1) is 0 Å². The quantitative estimate of drug-likeness (QED) is 0.705. The second-order valence-corrected chi connectivity index (χ2v) is 5.97. The molecule has 0 aliphatic carbocycles. The Balaban J connectivity index is 0.000000152. The molecule has 0 bridgehead atoms. The maximum Gasteiger partial charge on any atom is 0.253 e. The van der Waals surface area contributed by atoms with Gasteiger partial charge in [0, 0.05) is 35.7 Å². The molecule has 1 saturated heterocycles. The van der Waals surface area contributed by atoms with Crippen LogP contribution in [0.2, 0.25) is 0 Å². The topological polar surface area (TPSA) is 106 Å². The average molecular weight is 353 g/mol. The fourth-order valence-corrected chi connectivity index (χ4v) is 2.68. The molecule has 1 amide bonds. The SMILES string of the molecule is Nc1ccc(C2=NCCN2)cc1.Nc1ccc(N2CCOCC2=O)cc1. The van der Waals surface area contributed by atoms with E-state index in [1.54, 1.807) is 17.0 Å². The Morgan fingerprint density at radius 3 is 2.23 bits per heavy atom. The van der Waals surface area contributed by atoms with Gasteiger partial charge in [-0.3, -0.25) is 9.79 Å². The minimum Gasteiger partial charge on any atom is -0.399 e. The van der Waals surface area contributed by atoms with Gasteiger partial charge >= 0.3 is 0 Å². The van der Waals surface area contributed by atoms with Crippen molar-refractivity contribution >= 4 is 28.8 Å². The minimum absolute atomic E-state index is 0.000946. The molecular weight excluding hydrogens is 330 g/mol. The number of nitrogens with zero attached hydrogens (tertiary/aromatic N) is 2. The Morgan fingerprint density at radius 2 is 1.65 bits per heavy atom. The van der Waals surface area contributed by atoms with Crippen LogP contribution in [0, 0.1) is 0 Å². The lowest BCUT2D eigenvalue weighted by Crippen LogP contribution is -2.41. The summed E-state index contributed by atoms with van der Waals surface area (Å²) < 4.78 is 5.04. The molecule has 0 atom stereocenters. The number of carbonyl (C=O) groups excluding carboxylic acids is 1. The molecule has 136 valence electrons. The zero-order valence-corrected chi connectivity index (χ0v) is 14.5. The summed E-state index contributed by atoms with van der Waals surface area (Å²) in [6, 6.07) is 15.0. The van der Waals surface area contributed by atoms with Gasteiger partial charge in [0.1, 0.15) is 12.4 Å². The zero-order valence-electron chi connectivity index (χ0n) is 14.5. The van der Waals surface area contributed by atoms with Gasteiger partial charge in [0.05, 0.1) is 13.2 Å². The van der Waals surface area contributed by atoms with Gasteiger partial charge in [0.2, 0.25) is 0 Å². The molecule has 2 aliphatic heterocycles. The van der Waals surface area contributed by atoms with Crippen molar-refractivity contribution in [3.8, 4) is 0 Å². The number of hydrogen-bond acceptors (Lipinski definition) is 6. The highest BCUT2D eigenvalue weighted by Crippen LogP contribution is 2.17. The number of hydrogen-bond donors (Lipinski definition) is 3. The van der Waals surface area contributed by atoms with Crippen molar-refractivity contribution in [2.24, 2.45) is 4.99 Å². The van der Waals surface area contributed by atoms with E-state index in [1.165, 1.54) is 0 Å². The molecule has 2 aliphatic rings. The number of anilines is 3. The van der Waals surface area contributed by atoms with Crippen LogP contribution in [0.15, 0.2) is 53.5 Å². The third-order valence-corrected chi connectivity index (χ3v) is 4.05. The van der Waals surface area contributed by atoms with Crippen LogP contribution in [0.3, 0.4) is 0 Å². The molecule has 4 rings (SSSR count). The largest absolute Gasteiger partial charge is 0.399 e. The van der Waals surface area contributed by atoms with Gasteiger partial charge in [-0.25, -0.2) is 0 Å². The van der Waals surface area contributed by atoms with Crippen molar-refractivity contribution in [1.29, 1.82) is 0 Å². The summed E-state index contributed by atoms with van der Waals surface area (Å²) in [6.45, 7) is 3.20. The van der Waals surface area contributed by atoms with Gasteiger partial charge in [-0.1, -0.05) is 0 Å². The summed E-state index contributed by atoms with van der Waals surface area (Å²) in [5.41, 5.74) is 14.6. The zero-order chi connectivity index (χ0) is 18.4. The first-order valence-electron chi connectivity index (χ1n) is 8.51. The molecule has 0 radical (unpaired) electrons. The smallest absolute Gasteiger partial charge is 0.253 e.